The summed E-state index contributed by atoms with van der Waals surface area (Å²) in [5.41, 5.74) is 0. The molecular formula is C15H21ClN2O3S. The third-order valence-electron chi connectivity index (χ3n) is 3.81. The molecule has 2 N–H and O–H groups in total. The van der Waals surface area contributed by atoms with Gasteiger partial charge in [0.2, 0.25) is 0 Å². The summed E-state index contributed by atoms with van der Waals surface area (Å²) < 4.78 is 0.807. The average molecular weight is 345 g/mol. The summed E-state index contributed by atoms with van der Waals surface area (Å²) in [6.07, 6.45) is 4.27. The van der Waals surface area contributed by atoms with Crippen LogP contribution in [0, 0.1) is 5.92 Å². The molecule has 5 nitrogen and oxygen atoms in total. The van der Waals surface area contributed by atoms with Crippen molar-refractivity contribution in [2.45, 2.75) is 32.1 Å². The lowest BCUT2D eigenvalue weighted by Crippen LogP contribution is -2.47. The number of aryl methyl sites for hydroxylation is 1. The van der Waals surface area contributed by atoms with Crippen molar-refractivity contribution in [2.75, 3.05) is 19.6 Å². The van der Waals surface area contributed by atoms with E-state index in [0.29, 0.717) is 26.1 Å². The van der Waals surface area contributed by atoms with E-state index in [2.05, 4.69) is 5.32 Å². The molecule has 1 fully saturated rings. The molecule has 1 aromatic heterocycles. The third kappa shape index (κ3) is 5.18. The van der Waals surface area contributed by atoms with Gasteiger partial charge in [-0.25, -0.2) is 4.79 Å². The van der Waals surface area contributed by atoms with Gasteiger partial charge in [-0.15, -0.1) is 11.3 Å². The molecule has 2 amide bonds. The van der Waals surface area contributed by atoms with E-state index in [1.54, 1.807) is 16.2 Å². The van der Waals surface area contributed by atoms with Crippen LogP contribution in [0.25, 0.3) is 0 Å². The Morgan fingerprint density at radius 2 is 2.23 bits per heavy atom. The highest BCUT2D eigenvalue weighted by atomic mass is 35.5. The van der Waals surface area contributed by atoms with Crippen LogP contribution in [-0.2, 0) is 11.2 Å². The second kappa shape index (κ2) is 8.39. The molecule has 1 aliphatic rings. The average Bonchev–Trinajstić information content (AvgIpc) is 2.92. The van der Waals surface area contributed by atoms with Crippen LogP contribution in [0.1, 0.15) is 30.6 Å². The highest BCUT2D eigenvalue weighted by Gasteiger charge is 2.27. The number of carbonyl (C=O) groups is 2. The van der Waals surface area contributed by atoms with Gasteiger partial charge in [-0.05, 0) is 44.2 Å². The molecule has 1 unspecified atom stereocenters. The number of likely N-dealkylation sites (tertiary alicyclic amines) is 1. The van der Waals surface area contributed by atoms with E-state index < -0.39 is 11.9 Å². The molecule has 0 aliphatic carbocycles. The fraction of sp³-hybridized carbons (Fsp3) is 0.600. The largest absolute Gasteiger partial charge is 0.481 e. The molecule has 22 heavy (non-hydrogen) atoms. The van der Waals surface area contributed by atoms with Gasteiger partial charge in [-0.2, -0.15) is 0 Å². The van der Waals surface area contributed by atoms with Crippen LogP contribution in [-0.4, -0.2) is 41.6 Å². The van der Waals surface area contributed by atoms with E-state index in [0.717, 1.165) is 30.0 Å². The van der Waals surface area contributed by atoms with E-state index in [9.17, 15) is 9.59 Å². The van der Waals surface area contributed by atoms with Crippen LogP contribution in [0.4, 0.5) is 4.79 Å². The van der Waals surface area contributed by atoms with Crippen LogP contribution < -0.4 is 5.32 Å². The first-order valence-electron chi connectivity index (χ1n) is 7.56. The highest BCUT2D eigenvalue weighted by Crippen LogP contribution is 2.22. The van der Waals surface area contributed by atoms with Gasteiger partial charge >= 0.3 is 12.0 Å². The van der Waals surface area contributed by atoms with E-state index >= 15 is 0 Å². The van der Waals surface area contributed by atoms with Crippen molar-refractivity contribution in [3.8, 4) is 0 Å². The number of halogens is 1. The number of rotatable bonds is 6. The van der Waals surface area contributed by atoms with Crippen molar-refractivity contribution in [3.63, 3.8) is 0 Å². The maximum Gasteiger partial charge on any atom is 0.317 e. The first-order chi connectivity index (χ1) is 10.6. The van der Waals surface area contributed by atoms with Crippen molar-refractivity contribution in [2.24, 2.45) is 5.92 Å². The summed E-state index contributed by atoms with van der Waals surface area (Å²) in [6, 6.07) is 3.79. The topological polar surface area (TPSA) is 69.6 Å². The minimum absolute atomic E-state index is 0.148. The van der Waals surface area contributed by atoms with Crippen molar-refractivity contribution in [1.82, 2.24) is 10.2 Å². The van der Waals surface area contributed by atoms with Gasteiger partial charge in [0.25, 0.3) is 0 Å². The molecule has 1 aliphatic heterocycles. The van der Waals surface area contributed by atoms with Gasteiger partial charge in [-0.3, -0.25) is 4.79 Å². The van der Waals surface area contributed by atoms with Crippen LogP contribution in [0.3, 0.4) is 0 Å². The molecule has 2 rings (SSSR count). The number of hydrogen-bond donors (Lipinski definition) is 2. The number of aliphatic carboxylic acids is 1. The number of thiophene rings is 1. The van der Waals surface area contributed by atoms with Gasteiger partial charge in [0, 0.05) is 24.5 Å². The molecule has 0 spiro atoms. The smallest absolute Gasteiger partial charge is 0.317 e. The Hall–Kier alpha value is -1.27. The summed E-state index contributed by atoms with van der Waals surface area (Å²) in [7, 11) is 0. The Bertz CT molecular complexity index is 521. The quantitative estimate of drug-likeness (QED) is 0.778. The van der Waals surface area contributed by atoms with Crippen molar-refractivity contribution >= 4 is 34.9 Å². The molecular weight excluding hydrogens is 324 g/mol. The molecule has 0 bridgehead atoms. The molecule has 1 saturated heterocycles. The lowest BCUT2D eigenvalue weighted by atomic mass is 9.99. The number of nitrogens with zero attached hydrogens (tertiary/aromatic N) is 1. The van der Waals surface area contributed by atoms with Crippen molar-refractivity contribution in [1.29, 1.82) is 0 Å². The SMILES string of the molecule is O=C(O)C1CCCN(C(=O)NCCCCc2ccc(Cl)s2)C1. The molecule has 2 heterocycles. The third-order valence-corrected chi connectivity index (χ3v) is 5.10. The summed E-state index contributed by atoms with van der Waals surface area (Å²) in [4.78, 5) is 25.9. The predicted octanol–water partition coefficient (Wildman–Crippen LogP) is 3.23. The highest BCUT2D eigenvalue weighted by molar-refractivity contribution is 7.16. The van der Waals surface area contributed by atoms with Crippen LogP contribution in [0.2, 0.25) is 4.34 Å². The molecule has 1 atom stereocenters. The molecule has 0 aromatic carbocycles. The van der Waals surface area contributed by atoms with Gasteiger partial charge in [-0.1, -0.05) is 11.6 Å². The van der Waals surface area contributed by atoms with Crippen LogP contribution in [0.15, 0.2) is 12.1 Å². The monoisotopic (exact) mass is 344 g/mol. The van der Waals surface area contributed by atoms with Crippen LogP contribution >= 0.6 is 22.9 Å². The van der Waals surface area contributed by atoms with E-state index in [1.165, 1.54) is 4.88 Å². The van der Waals surface area contributed by atoms with E-state index in [1.807, 2.05) is 12.1 Å². The Labute approximate surface area is 139 Å². The summed E-state index contributed by atoms with van der Waals surface area (Å²) in [5.74, 6) is -1.24. The first-order valence-corrected chi connectivity index (χ1v) is 8.75. The fourth-order valence-corrected chi connectivity index (χ4v) is 3.71. The Morgan fingerprint density at radius 1 is 1.41 bits per heavy atom. The maximum absolute atomic E-state index is 12.0. The van der Waals surface area contributed by atoms with Crippen LogP contribution in [0.5, 0.6) is 0 Å². The zero-order valence-electron chi connectivity index (χ0n) is 12.4. The van der Waals surface area contributed by atoms with E-state index in [4.69, 9.17) is 16.7 Å². The summed E-state index contributed by atoms with van der Waals surface area (Å²) in [5, 5.41) is 11.9. The number of hydrogen-bond acceptors (Lipinski definition) is 3. The predicted molar refractivity (Wildman–Crippen MR) is 87.6 cm³/mol. The summed E-state index contributed by atoms with van der Waals surface area (Å²) >= 11 is 7.47. The Balaban J connectivity index is 1.62. The second-order valence-electron chi connectivity index (χ2n) is 5.52. The normalized spacial score (nSPS) is 18.2. The standard InChI is InChI=1S/C15H21ClN2O3S/c16-13-7-6-12(22-13)5-1-2-8-17-15(21)18-9-3-4-11(10-18)14(19)20/h6-7,11H,1-5,8-10H2,(H,17,21)(H,19,20). The number of carboxylic acids is 1. The van der Waals surface area contributed by atoms with Crippen molar-refractivity contribution < 1.29 is 14.7 Å². The number of carbonyl (C=O) groups excluding carboxylic acids is 1. The molecule has 0 radical (unpaired) electrons. The zero-order valence-corrected chi connectivity index (χ0v) is 14.0. The van der Waals surface area contributed by atoms with Gasteiger partial charge in [0.05, 0.1) is 10.3 Å². The summed E-state index contributed by atoms with van der Waals surface area (Å²) in [6.45, 7) is 1.57. The number of unbranched alkanes of at least 4 members (excludes halogenated alkanes) is 1. The Morgan fingerprint density at radius 3 is 2.91 bits per heavy atom. The van der Waals surface area contributed by atoms with Gasteiger partial charge < -0.3 is 15.3 Å². The first kappa shape index (κ1) is 17.1. The minimum atomic E-state index is -0.813. The molecule has 1 aromatic rings. The maximum atomic E-state index is 12.0. The Kier molecular flexibility index (Phi) is 6.51. The molecule has 7 heteroatoms. The lowest BCUT2D eigenvalue weighted by Gasteiger charge is -2.30. The number of piperidine rings is 1. The number of amides is 2. The second-order valence-corrected chi connectivity index (χ2v) is 7.32. The minimum Gasteiger partial charge on any atom is -0.481 e. The molecule has 0 saturated carbocycles. The van der Waals surface area contributed by atoms with E-state index in [-0.39, 0.29) is 6.03 Å². The number of nitrogens with one attached hydrogen (secondary N) is 1. The molecule has 122 valence electrons. The van der Waals surface area contributed by atoms with Gasteiger partial charge in [0.15, 0.2) is 0 Å². The fourth-order valence-electron chi connectivity index (χ4n) is 2.58. The number of carboxylic acid groups (broad SMARTS) is 1. The van der Waals surface area contributed by atoms with Crippen molar-refractivity contribution in [3.05, 3.63) is 21.3 Å². The zero-order chi connectivity index (χ0) is 15.9. The lowest BCUT2D eigenvalue weighted by molar-refractivity contribution is -0.143. The number of urea groups is 1. The van der Waals surface area contributed by atoms with Gasteiger partial charge in [0.1, 0.15) is 0 Å².